The summed E-state index contributed by atoms with van der Waals surface area (Å²) in [6.45, 7) is 3.49. The van der Waals surface area contributed by atoms with Gasteiger partial charge in [0.15, 0.2) is 0 Å². The third-order valence-electron chi connectivity index (χ3n) is 7.53. The number of phenolic OH excluding ortho intramolecular Hbond substituents is 1. The molecule has 0 aliphatic rings. The average molecular weight is 639 g/mol. The van der Waals surface area contributed by atoms with Crippen molar-refractivity contribution >= 4 is 0 Å². The van der Waals surface area contributed by atoms with Gasteiger partial charge in [0, 0.05) is 18.2 Å². The summed E-state index contributed by atoms with van der Waals surface area (Å²) in [5.41, 5.74) is 4.90. The van der Waals surface area contributed by atoms with Crippen LogP contribution in [0, 0.1) is 0 Å². The van der Waals surface area contributed by atoms with E-state index in [4.69, 9.17) is 23.7 Å². The van der Waals surface area contributed by atoms with E-state index >= 15 is 0 Å². The first-order valence-corrected chi connectivity index (χ1v) is 16.0. The molecular weight excluding hydrogens is 600 g/mol. The molecule has 0 amide bonds. The highest BCUT2D eigenvalue weighted by atomic mass is 16.5. The summed E-state index contributed by atoms with van der Waals surface area (Å²) in [5.74, 6) is 4.15. The lowest BCUT2D eigenvalue weighted by atomic mass is 10.1. The molecule has 0 aliphatic carbocycles. The van der Waals surface area contributed by atoms with Crippen LogP contribution in [0.2, 0.25) is 0 Å². The van der Waals surface area contributed by atoms with Crippen molar-refractivity contribution in [2.45, 2.75) is 39.8 Å². The Morgan fingerprint density at radius 2 is 0.771 bits per heavy atom. The van der Waals surface area contributed by atoms with E-state index in [1.54, 1.807) is 12.1 Å². The lowest BCUT2D eigenvalue weighted by molar-refractivity contribution is 0.283. The number of para-hydroxylation sites is 1. The van der Waals surface area contributed by atoms with Gasteiger partial charge in [0.1, 0.15) is 66.7 Å². The Kier molecular flexibility index (Phi) is 10.8. The van der Waals surface area contributed by atoms with E-state index in [9.17, 15) is 5.11 Å². The normalized spacial score (nSPS) is 10.7. The zero-order chi connectivity index (χ0) is 33.0. The van der Waals surface area contributed by atoms with Crippen molar-refractivity contribution in [3.8, 4) is 40.2 Å². The van der Waals surface area contributed by atoms with Crippen LogP contribution in [0.25, 0.3) is 0 Å². The van der Waals surface area contributed by atoms with Crippen LogP contribution in [-0.2, 0) is 32.8 Å². The molecule has 0 unspecified atom stereocenters. The molecule has 242 valence electrons. The molecule has 0 aromatic heterocycles. The number of rotatable bonds is 15. The number of phenols is 1. The Hall–Kier alpha value is -5.88. The Labute approximate surface area is 281 Å². The monoisotopic (exact) mass is 638 g/mol. The van der Waals surface area contributed by atoms with Crippen LogP contribution in [0.1, 0.15) is 34.7 Å². The van der Waals surface area contributed by atoms with Crippen molar-refractivity contribution in [2.24, 2.45) is 0 Å². The van der Waals surface area contributed by atoms with Crippen molar-refractivity contribution in [3.05, 3.63) is 173 Å². The van der Waals surface area contributed by atoms with Gasteiger partial charge in [-0.3, -0.25) is 0 Å². The maximum atomic E-state index is 10.3. The van der Waals surface area contributed by atoms with Gasteiger partial charge in [-0.25, -0.2) is 0 Å². The highest BCUT2D eigenvalue weighted by molar-refractivity contribution is 5.43. The standard InChI is InChI=1S/C42H38O6/c1-2-31-19-39(46-29-34-18-36(43)24-38(21-34)44-27-32-12-6-3-7-13-32)25-40(20-31)47-30-35-22-41(45-28-33-14-8-4-9-15-33)26-42(23-35)48-37-16-10-5-11-17-37/h3-26,43H,2,27-30H2,1H3. The first-order valence-electron chi connectivity index (χ1n) is 16.0. The van der Waals surface area contributed by atoms with Crippen molar-refractivity contribution < 1.29 is 28.8 Å². The van der Waals surface area contributed by atoms with E-state index in [1.807, 2.05) is 133 Å². The largest absolute Gasteiger partial charge is 0.508 e. The van der Waals surface area contributed by atoms with Crippen LogP contribution < -0.4 is 23.7 Å². The summed E-state index contributed by atoms with van der Waals surface area (Å²) < 4.78 is 30.8. The predicted molar refractivity (Wildman–Crippen MR) is 187 cm³/mol. The van der Waals surface area contributed by atoms with Crippen molar-refractivity contribution in [1.29, 1.82) is 0 Å². The molecule has 0 bridgehead atoms. The number of benzene rings is 6. The Morgan fingerprint density at radius 3 is 1.29 bits per heavy atom. The number of hydrogen-bond acceptors (Lipinski definition) is 6. The lowest BCUT2D eigenvalue weighted by Crippen LogP contribution is -2.01. The summed E-state index contributed by atoms with van der Waals surface area (Å²) in [6.07, 6.45) is 0.815. The van der Waals surface area contributed by atoms with Crippen LogP contribution in [-0.4, -0.2) is 5.11 Å². The quantitative estimate of drug-likeness (QED) is 0.121. The molecule has 48 heavy (non-hydrogen) atoms. The minimum Gasteiger partial charge on any atom is -0.508 e. The molecule has 0 radical (unpaired) electrons. The zero-order valence-electron chi connectivity index (χ0n) is 26.9. The highest BCUT2D eigenvalue weighted by Crippen LogP contribution is 2.31. The number of aryl methyl sites for hydroxylation is 1. The molecule has 0 atom stereocenters. The second-order valence-corrected chi connectivity index (χ2v) is 11.4. The number of hydrogen-bond donors (Lipinski definition) is 1. The summed E-state index contributed by atoms with van der Waals surface area (Å²) in [7, 11) is 0. The number of ether oxygens (including phenoxy) is 5. The molecule has 0 saturated heterocycles. The first-order chi connectivity index (χ1) is 23.6. The van der Waals surface area contributed by atoms with Crippen LogP contribution in [0.5, 0.6) is 40.2 Å². The second-order valence-electron chi connectivity index (χ2n) is 11.4. The molecule has 6 aromatic carbocycles. The lowest BCUT2D eigenvalue weighted by Gasteiger charge is -2.15. The molecule has 0 spiro atoms. The molecule has 0 aliphatic heterocycles. The molecule has 0 heterocycles. The maximum absolute atomic E-state index is 10.3. The second kappa shape index (κ2) is 16.1. The minimum absolute atomic E-state index is 0.121. The smallest absolute Gasteiger partial charge is 0.131 e. The summed E-state index contributed by atoms with van der Waals surface area (Å²) in [6, 6.07) is 46.5. The molecule has 6 aromatic rings. The molecular formula is C42H38O6. The van der Waals surface area contributed by atoms with Gasteiger partial charge >= 0.3 is 0 Å². The van der Waals surface area contributed by atoms with Crippen molar-refractivity contribution in [3.63, 3.8) is 0 Å². The van der Waals surface area contributed by atoms with Gasteiger partial charge in [0.2, 0.25) is 0 Å². The van der Waals surface area contributed by atoms with Gasteiger partial charge in [0.05, 0.1) is 0 Å². The highest BCUT2D eigenvalue weighted by Gasteiger charge is 2.10. The third kappa shape index (κ3) is 9.56. The van der Waals surface area contributed by atoms with E-state index in [0.29, 0.717) is 48.6 Å². The third-order valence-corrected chi connectivity index (χ3v) is 7.53. The Bertz CT molecular complexity index is 1890. The van der Waals surface area contributed by atoms with Crippen molar-refractivity contribution in [2.75, 3.05) is 0 Å². The summed E-state index contributed by atoms with van der Waals surface area (Å²) in [4.78, 5) is 0. The van der Waals surface area contributed by atoms with Gasteiger partial charge in [-0.2, -0.15) is 0 Å². The van der Waals surface area contributed by atoms with E-state index < -0.39 is 0 Å². The average Bonchev–Trinajstić information content (AvgIpc) is 3.12. The fraction of sp³-hybridized carbons (Fsp3) is 0.143. The maximum Gasteiger partial charge on any atom is 0.131 e. The van der Waals surface area contributed by atoms with E-state index in [2.05, 4.69) is 6.92 Å². The summed E-state index contributed by atoms with van der Waals surface area (Å²) in [5, 5.41) is 10.3. The van der Waals surface area contributed by atoms with Gasteiger partial charge in [0.25, 0.3) is 0 Å². The zero-order valence-corrected chi connectivity index (χ0v) is 26.9. The molecule has 6 nitrogen and oxygen atoms in total. The molecule has 1 N–H and O–H groups in total. The van der Waals surface area contributed by atoms with Crippen LogP contribution in [0.4, 0.5) is 0 Å². The number of aromatic hydroxyl groups is 1. The van der Waals surface area contributed by atoms with Crippen molar-refractivity contribution in [1.82, 2.24) is 0 Å². The molecule has 6 heteroatoms. The Balaban J connectivity index is 1.13. The Morgan fingerprint density at radius 1 is 0.375 bits per heavy atom. The topological polar surface area (TPSA) is 66.4 Å². The van der Waals surface area contributed by atoms with E-state index in [0.717, 1.165) is 40.0 Å². The van der Waals surface area contributed by atoms with Crippen LogP contribution >= 0.6 is 0 Å². The predicted octanol–water partition coefficient (Wildman–Crippen LogP) is 10.1. The minimum atomic E-state index is 0.121. The molecule has 6 rings (SSSR count). The van der Waals surface area contributed by atoms with Gasteiger partial charge in [-0.05, 0) is 82.8 Å². The molecule has 0 saturated carbocycles. The fourth-order valence-corrected chi connectivity index (χ4v) is 5.11. The van der Waals surface area contributed by atoms with Crippen LogP contribution in [0.3, 0.4) is 0 Å². The van der Waals surface area contributed by atoms with Gasteiger partial charge in [-0.1, -0.05) is 85.8 Å². The summed E-state index contributed by atoms with van der Waals surface area (Å²) >= 11 is 0. The van der Waals surface area contributed by atoms with E-state index in [1.165, 1.54) is 0 Å². The van der Waals surface area contributed by atoms with E-state index in [-0.39, 0.29) is 12.4 Å². The van der Waals surface area contributed by atoms with Gasteiger partial charge < -0.3 is 28.8 Å². The van der Waals surface area contributed by atoms with Gasteiger partial charge in [-0.15, -0.1) is 0 Å². The SMILES string of the molecule is CCc1cc(OCc2cc(O)cc(OCc3ccccc3)c2)cc(OCc2cc(OCc3ccccc3)cc(Oc3ccccc3)c2)c1. The first kappa shape index (κ1) is 32.1. The fourth-order valence-electron chi connectivity index (χ4n) is 5.11. The molecule has 0 fully saturated rings. The van der Waals surface area contributed by atoms with Crippen LogP contribution in [0.15, 0.2) is 146 Å².